The molecule has 0 fully saturated rings. The van der Waals surface area contributed by atoms with E-state index in [0.717, 1.165) is 26.6 Å². The van der Waals surface area contributed by atoms with E-state index in [4.69, 9.17) is 0 Å². The highest BCUT2D eigenvalue weighted by atomic mass is 79.9. The van der Waals surface area contributed by atoms with Crippen LogP contribution in [0.3, 0.4) is 0 Å². The first-order chi connectivity index (χ1) is 9.95. The van der Waals surface area contributed by atoms with Crippen molar-refractivity contribution in [1.82, 2.24) is 9.88 Å². The number of carbonyl (C=O) groups is 1. The van der Waals surface area contributed by atoms with Crippen molar-refractivity contribution in [3.63, 3.8) is 0 Å². The smallest absolute Gasteiger partial charge is 0.241 e. The van der Waals surface area contributed by atoms with Gasteiger partial charge < -0.3 is 5.32 Å². The topological polar surface area (TPSA) is 45.2 Å². The quantitative estimate of drug-likeness (QED) is 0.876. The van der Waals surface area contributed by atoms with E-state index in [1.54, 1.807) is 11.3 Å². The molecule has 1 unspecified atom stereocenters. The third-order valence-electron chi connectivity index (χ3n) is 3.21. The van der Waals surface area contributed by atoms with Gasteiger partial charge in [0.1, 0.15) is 0 Å². The molecule has 0 radical (unpaired) electrons. The van der Waals surface area contributed by atoms with Crippen molar-refractivity contribution in [2.45, 2.75) is 26.4 Å². The van der Waals surface area contributed by atoms with E-state index in [1.165, 1.54) is 0 Å². The Hall–Kier alpha value is -1.24. The summed E-state index contributed by atoms with van der Waals surface area (Å²) >= 11 is 5.06. The summed E-state index contributed by atoms with van der Waals surface area (Å²) in [6.07, 6.45) is 1.87. The van der Waals surface area contributed by atoms with Gasteiger partial charge in [-0.1, -0.05) is 22.0 Å². The number of likely N-dealkylation sites (N-methyl/N-ethyl adjacent to an activating group) is 1. The minimum absolute atomic E-state index is 0.0168. The number of carbonyl (C=O) groups excluding carboxylic acids is 1. The maximum Gasteiger partial charge on any atom is 0.241 e. The molecule has 0 aliphatic carbocycles. The molecule has 1 aromatic carbocycles. The van der Waals surface area contributed by atoms with Crippen LogP contribution >= 0.6 is 27.3 Å². The lowest BCUT2D eigenvalue weighted by Gasteiger charge is -2.23. The first-order valence-corrected chi connectivity index (χ1v) is 8.24. The summed E-state index contributed by atoms with van der Waals surface area (Å²) < 4.78 is 0.946. The number of rotatable bonds is 5. The van der Waals surface area contributed by atoms with Crippen molar-refractivity contribution in [3.8, 4) is 0 Å². The Morgan fingerprint density at radius 1 is 1.52 bits per heavy atom. The Bertz CT molecular complexity index is 629. The van der Waals surface area contributed by atoms with E-state index in [1.807, 2.05) is 56.3 Å². The van der Waals surface area contributed by atoms with Crippen molar-refractivity contribution < 1.29 is 4.79 Å². The molecule has 21 heavy (non-hydrogen) atoms. The van der Waals surface area contributed by atoms with Crippen LogP contribution in [0, 0.1) is 6.92 Å². The normalized spacial score (nSPS) is 12.4. The summed E-state index contributed by atoms with van der Waals surface area (Å²) in [6.45, 7) is 4.61. The molecule has 1 heterocycles. The van der Waals surface area contributed by atoms with Crippen LogP contribution in [0.4, 0.5) is 5.69 Å². The molecule has 112 valence electrons. The van der Waals surface area contributed by atoms with E-state index in [2.05, 4.69) is 26.2 Å². The van der Waals surface area contributed by atoms with Crippen LogP contribution < -0.4 is 5.32 Å². The predicted molar refractivity (Wildman–Crippen MR) is 90.6 cm³/mol. The summed E-state index contributed by atoms with van der Waals surface area (Å²) in [6, 6.07) is 7.37. The largest absolute Gasteiger partial charge is 0.325 e. The summed E-state index contributed by atoms with van der Waals surface area (Å²) in [5.41, 5.74) is 0.795. The Kier molecular flexibility index (Phi) is 5.50. The molecule has 4 nitrogen and oxygen atoms in total. The number of aryl methyl sites for hydroxylation is 1. The molecule has 0 saturated carbocycles. The van der Waals surface area contributed by atoms with E-state index >= 15 is 0 Å². The lowest BCUT2D eigenvalue weighted by molar-refractivity contribution is -0.120. The van der Waals surface area contributed by atoms with Gasteiger partial charge in [0.2, 0.25) is 5.91 Å². The van der Waals surface area contributed by atoms with Gasteiger partial charge in [0.05, 0.1) is 11.0 Å². The number of hydrogen-bond donors (Lipinski definition) is 1. The molecule has 1 amide bonds. The number of benzene rings is 1. The second kappa shape index (κ2) is 7.15. The van der Waals surface area contributed by atoms with Crippen molar-refractivity contribution in [3.05, 3.63) is 44.8 Å². The van der Waals surface area contributed by atoms with E-state index < -0.39 is 0 Å². The van der Waals surface area contributed by atoms with Crippen molar-refractivity contribution >= 4 is 38.9 Å². The molecule has 2 rings (SSSR count). The summed E-state index contributed by atoms with van der Waals surface area (Å²) in [7, 11) is 1.94. The number of hydrogen-bond acceptors (Lipinski definition) is 4. The van der Waals surface area contributed by atoms with Gasteiger partial charge in [0, 0.05) is 27.8 Å². The van der Waals surface area contributed by atoms with Gasteiger partial charge in [-0.25, -0.2) is 4.98 Å². The number of aromatic nitrogens is 1. The second-order valence-electron chi connectivity index (χ2n) is 4.94. The van der Waals surface area contributed by atoms with Gasteiger partial charge in [0.15, 0.2) is 0 Å². The van der Waals surface area contributed by atoms with Crippen LogP contribution in [0.15, 0.2) is 34.9 Å². The second-order valence-corrected chi connectivity index (χ2v) is 7.17. The fraction of sp³-hybridized carbons (Fsp3) is 0.333. The molecule has 0 bridgehead atoms. The molecule has 0 aliphatic heterocycles. The Morgan fingerprint density at radius 3 is 2.90 bits per heavy atom. The van der Waals surface area contributed by atoms with E-state index in [-0.39, 0.29) is 11.9 Å². The van der Waals surface area contributed by atoms with Crippen LogP contribution in [-0.4, -0.2) is 28.9 Å². The molecular weight excluding hydrogens is 350 g/mol. The molecule has 1 N–H and O–H groups in total. The van der Waals surface area contributed by atoms with Crippen LogP contribution in [0.2, 0.25) is 0 Å². The number of nitrogens with zero attached hydrogens (tertiary/aromatic N) is 2. The Balaban J connectivity index is 1.95. The highest BCUT2D eigenvalue weighted by Gasteiger charge is 2.19. The standard InChI is InChI=1S/C15H18BrN3OS/c1-10(19(3)9-14-8-17-11(2)21-14)15(20)18-13-6-4-5-12(16)7-13/h4-8,10H,9H2,1-3H3,(H,18,20). The van der Waals surface area contributed by atoms with Crippen LogP contribution in [0.1, 0.15) is 16.8 Å². The average Bonchev–Trinajstić information content (AvgIpc) is 2.83. The van der Waals surface area contributed by atoms with Gasteiger partial charge in [-0.2, -0.15) is 0 Å². The third kappa shape index (κ3) is 4.62. The molecule has 6 heteroatoms. The first kappa shape index (κ1) is 16.1. The molecule has 0 spiro atoms. The predicted octanol–water partition coefficient (Wildman–Crippen LogP) is 3.67. The Labute approximate surface area is 137 Å². The zero-order valence-corrected chi connectivity index (χ0v) is 14.7. The van der Waals surface area contributed by atoms with Gasteiger partial charge >= 0.3 is 0 Å². The number of nitrogens with one attached hydrogen (secondary N) is 1. The van der Waals surface area contributed by atoms with Crippen LogP contribution in [0.5, 0.6) is 0 Å². The fourth-order valence-corrected chi connectivity index (χ4v) is 3.13. The van der Waals surface area contributed by atoms with Gasteiger partial charge in [0.25, 0.3) is 0 Å². The van der Waals surface area contributed by atoms with Crippen LogP contribution in [0.25, 0.3) is 0 Å². The minimum Gasteiger partial charge on any atom is -0.325 e. The van der Waals surface area contributed by atoms with Crippen molar-refractivity contribution in [2.24, 2.45) is 0 Å². The Morgan fingerprint density at radius 2 is 2.29 bits per heavy atom. The molecule has 0 aliphatic rings. The third-order valence-corrected chi connectivity index (χ3v) is 4.60. The lowest BCUT2D eigenvalue weighted by atomic mass is 10.2. The van der Waals surface area contributed by atoms with Gasteiger partial charge in [-0.3, -0.25) is 9.69 Å². The molecule has 1 atom stereocenters. The zero-order valence-electron chi connectivity index (χ0n) is 12.3. The van der Waals surface area contributed by atoms with Gasteiger partial charge in [-0.15, -0.1) is 11.3 Å². The molecule has 1 aromatic heterocycles. The highest BCUT2D eigenvalue weighted by molar-refractivity contribution is 9.10. The monoisotopic (exact) mass is 367 g/mol. The first-order valence-electron chi connectivity index (χ1n) is 6.63. The summed E-state index contributed by atoms with van der Waals surface area (Å²) in [5, 5.41) is 3.98. The highest BCUT2D eigenvalue weighted by Crippen LogP contribution is 2.17. The number of halogens is 1. The van der Waals surface area contributed by atoms with Gasteiger partial charge in [-0.05, 0) is 39.1 Å². The maximum atomic E-state index is 12.3. The SMILES string of the molecule is Cc1ncc(CN(C)C(C)C(=O)Nc2cccc(Br)c2)s1. The van der Waals surface area contributed by atoms with Crippen LogP contribution in [-0.2, 0) is 11.3 Å². The molecular formula is C15H18BrN3OS. The zero-order chi connectivity index (χ0) is 15.4. The number of amides is 1. The van der Waals surface area contributed by atoms with E-state index in [0.29, 0.717) is 0 Å². The number of anilines is 1. The lowest BCUT2D eigenvalue weighted by Crippen LogP contribution is -2.39. The molecule has 0 saturated heterocycles. The van der Waals surface area contributed by atoms with Crippen molar-refractivity contribution in [1.29, 1.82) is 0 Å². The summed E-state index contributed by atoms with van der Waals surface area (Å²) in [5.74, 6) is -0.0168. The minimum atomic E-state index is -0.216. The molecule has 2 aromatic rings. The fourth-order valence-electron chi connectivity index (χ4n) is 1.87. The summed E-state index contributed by atoms with van der Waals surface area (Å²) in [4.78, 5) is 19.7. The van der Waals surface area contributed by atoms with E-state index in [9.17, 15) is 4.79 Å². The van der Waals surface area contributed by atoms with Crippen molar-refractivity contribution in [2.75, 3.05) is 12.4 Å². The number of thiazole rings is 1. The average molecular weight is 368 g/mol. The maximum absolute atomic E-state index is 12.3.